The van der Waals surface area contributed by atoms with Gasteiger partial charge in [-0.05, 0) is 38.3 Å². The van der Waals surface area contributed by atoms with E-state index in [0.717, 1.165) is 6.42 Å². The largest absolute Gasteiger partial charge is 0.356 e. The Bertz CT molecular complexity index is 923. The van der Waals surface area contributed by atoms with Gasteiger partial charge in [0.05, 0.1) is 16.8 Å². The summed E-state index contributed by atoms with van der Waals surface area (Å²) in [7, 11) is 0. The highest BCUT2D eigenvalue weighted by atomic mass is 35.5. The third kappa shape index (κ3) is 5.02. The van der Waals surface area contributed by atoms with Gasteiger partial charge < -0.3 is 5.32 Å². The van der Waals surface area contributed by atoms with Crippen LogP contribution in [0.15, 0.2) is 24.3 Å². The van der Waals surface area contributed by atoms with Crippen LogP contribution in [0.25, 0.3) is 0 Å². The summed E-state index contributed by atoms with van der Waals surface area (Å²) in [4.78, 5) is 37.8. The van der Waals surface area contributed by atoms with Gasteiger partial charge in [-0.1, -0.05) is 41.8 Å². The van der Waals surface area contributed by atoms with Crippen molar-refractivity contribution in [2.24, 2.45) is 0 Å². The van der Waals surface area contributed by atoms with Gasteiger partial charge in [-0.15, -0.1) is 0 Å². The standard InChI is InChI=1S/C21H24Cl2N4O3/c1-14-18(22)19(23)27(25-14)13-7-11-24-17(28)10-3-2-6-12-26-20(29)15-8-4-5-9-16(15)21(26)30/h4-5,8-9H,2-3,6-7,10-13H2,1H3,(H,24,28). The highest BCUT2D eigenvalue weighted by Crippen LogP contribution is 2.25. The van der Waals surface area contributed by atoms with E-state index in [2.05, 4.69) is 10.4 Å². The lowest BCUT2D eigenvalue weighted by molar-refractivity contribution is -0.121. The minimum Gasteiger partial charge on any atom is -0.356 e. The lowest BCUT2D eigenvalue weighted by Gasteiger charge is -2.13. The molecule has 1 aromatic carbocycles. The van der Waals surface area contributed by atoms with Gasteiger partial charge in [0.1, 0.15) is 10.2 Å². The maximum atomic E-state index is 12.3. The van der Waals surface area contributed by atoms with E-state index in [0.29, 0.717) is 72.3 Å². The topological polar surface area (TPSA) is 84.3 Å². The molecule has 0 spiro atoms. The Balaban J connectivity index is 1.28. The number of nitrogens with zero attached hydrogens (tertiary/aromatic N) is 3. The normalized spacial score (nSPS) is 13.1. The molecule has 160 valence electrons. The van der Waals surface area contributed by atoms with Gasteiger partial charge in [0.15, 0.2) is 0 Å². The number of rotatable bonds is 10. The van der Waals surface area contributed by atoms with E-state index in [9.17, 15) is 14.4 Å². The lowest BCUT2D eigenvalue weighted by Crippen LogP contribution is -2.30. The number of hydrogen-bond acceptors (Lipinski definition) is 4. The third-order valence-electron chi connectivity index (χ3n) is 5.03. The molecule has 9 heteroatoms. The molecule has 2 aromatic rings. The van der Waals surface area contributed by atoms with Gasteiger partial charge in [0, 0.05) is 26.1 Å². The molecule has 1 N–H and O–H groups in total. The molecule has 0 saturated heterocycles. The van der Waals surface area contributed by atoms with Crippen LogP contribution in [0.3, 0.4) is 0 Å². The Hall–Kier alpha value is -2.38. The molecule has 7 nitrogen and oxygen atoms in total. The maximum Gasteiger partial charge on any atom is 0.261 e. The van der Waals surface area contributed by atoms with Crippen molar-refractivity contribution in [3.63, 3.8) is 0 Å². The molecule has 0 atom stereocenters. The summed E-state index contributed by atoms with van der Waals surface area (Å²) in [5.74, 6) is -0.485. The average Bonchev–Trinajstić information content (AvgIpc) is 3.13. The molecule has 3 rings (SSSR count). The molecule has 0 aliphatic carbocycles. The molecule has 0 bridgehead atoms. The monoisotopic (exact) mass is 450 g/mol. The molecule has 30 heavy (non-hydrogen) atoms. The van der Waals surface area contributed by atoms with Crippen LogP contribution in [0.1, 0.15) is 58.5 Å². The number of nitrogens with one attached hydrogen (secondary N) is 1. The fourth-order valence-electron chi connectivity index (χ4n) is 3.40. The molecule has 3 amide bonds. The van der Waals surface area contributed by atoms with E-state index in [1.807, 2.05) is 0 Å². The van der Waals surface area contributed by atoms with E-state index >= 15 is 0 Å². The Labute approximate surface area is 185 Å². The van der Waals surface area contributed by atoms with Crippen LogP contribution in [0.2, 0.25) is 10.2 Å². The molecule has 0 unspecified atom stereocenters. The third-order valence-corrected chi connectivity index (χ3v) is 5.96. The number of fused-ring (bicyclic) bond motifs is 1. The van der Waals surface area contributed by atoms with Gasteiger partial charge in [-0.25, -0.2) is 0 Å². The Morgan fingerprint density at radius 1 is 1.00 bits per heavy atom. The van der Waals surface area contributed by atoms with E-state index in [1.54, 1.807) is 35.9 Å². The zero-order chi connectivity index (χ0) is 21.7. The Morgan fingerprint density at radius 2 is 1.67 bits per heavy atom. The highest BCUT2D eigenvalue weighted by molar-refractivity contribution is 6.41. The first-order valence-corrected chi connectivity index (χ1v) is 10.8. The van der Waals surface area contributed by atoms with Crippen molar-refractivity contribution < 1.29 is 14.4 Å². The zero-order valence-electron chi connectivity index (χ0n) is 16.8. The Kier molecular flexibility index (Phi) is 7.50. The number of carbonyl (C=O) groups is 3. The number of halogens is 2. The van der Waals surface area contributed by atoms with Crippen molar-refractivity contribution >= 4 is 40.9 Å². The Morgan fingerprint density at radius 3 is 2.27 bits per heavy atom. The smallest absolute Gasteiger partial charge is 0.261 e. The van der Waals surface area contributed by atoms with E-state index in [4.69, 9.17) is 23.2 Å². The fourth-order valence-corrected chi connectivity index (χ4v) is 3.79. The van der Waals surface area contributed by atoms with Crippen molar-refractivity contribution in [1.82, 2.24) is 20.0 Å². The van der Waals surface area contributed by atoms with Crippen molar-refractivity contribution in [2.75, 3.05) is 13.1 Å². The number of aryl methyl sites for hydroxylation is 2. The molecule has 1 aliphatic heterocycles. The van der Waals surface area contributed by atoms with Crippen LogP contribution in [0.5, 0.6) is 0 Å². The molecule has 2 heterocycles. The number of benzene rings is 1. The van der Waals surface area contributed by atoms with Crippen LogP contribution >= 0.6 is 23.2 Å². The van der Waals surface area contributed by atoms with Crippen LogP contribution in [-0.2, 0) is 11.3 Å². The van der Waals surface area contributed by atoms with Crippen LogP contribution in [-0.4, -0.2) is 45.5 Å². The summed E-state index contributed by atoms with van der Waals surface area (Å²) >= 11 is 12.1. The molecular weight excluding hydrogens is 427 g/mol. The molecule has 1 aliphatic rings. The molecule has 0 fully saturated rings. The number of imide groups is 1. The summed E-state index contributed by atoms with van der Waals surface area (Å²) in [6, 6.07) is 6.86. The summed E-state index contributed by atoms with van der Waals surface area (Å²) < 4.78 is 1.63. The molecule has 1 aromatic heterocycles. The van der Waals surface area contributed by atoms with E-state index < -0.39 is 0 Å². The van der Waals surface area contributed by atoms with Gasteiger partial charge in [-0.3, -0.25) is 24.0 Å². The van der Waals surface area contributed by atoms with Crippen LogP contribution < -0.4 is 5.32 Å². The lowest BCUT2D eigenvalue weighted by atomic mass is 10.1. The summed E-state index contributed by atoms with van der Waals surface area (Å²) in [5, 5.41) is 7.99. The highest BCUT2D eigenvalue weighted by Gasteiger charge is 2.34. The summed E-state index contributed by atoms with van der Waals surface area (Å²) in [5.41, 5.74) is 1.62. The zero-order valence-corrected chi connectivity index (χ0v) is 18.3. The number of hydrogen-bond donors (Lipinski definition) is 1. The predicted molar refractivity (Wildman–Crippen MR) is 115 cm³/mol. The summed E-state index contributed by atoms with van der Waals surface area (Å²) in [6.45, 7) is 3.27. The second kappa shape index (κ2) is 10.1. The molecular formula is C21H24Cl2N4O3. The minimum absolute atomic E-state index is 0.0171. The summed E-state index contributed by atoms with van der Waals surface area (Å²) in [6.07, 6.45) is 3.26. The van der Waals surface area contributed by atoms with Crippen molar-refractivity contribution in [3.8, 4) is 0 Å². The first-order chi connectivity index (χ1) is 14.4. The molecule has 0 saturated carbocycles. The average molecular weight is 451 g/mol. The van der Waals surface area contributed by atoms with E-state index in [1.165, 1.54) is 4.90 Å². The first-order valence-electron chi connectivity index (χ1n) is 10.0. The number of unbranched alkanes of at least 4 members (excludes halogenated alkanes) is 2. The number of carbonyl (C=O) groups excluding carboxylic acids is 3. The van der Waals surface area contributed by atoms with Crippen molar-refractivity contribution in [1.29, 1.82) is 0 Å². The van der Waals surface area contributed by atoms with Gasteiger partial charge in [0.2, 0.25) is 5.91 Å². The first kappa shape index (κ1) is 22.3. The quantitative estimate of drug-likeness (QED) is 0.439. The van der Waals surface area contributed by atoms with Crippen molar-refractivity contribution in [3.05, 3.63) is 51.3 Å². The number of aromatic nitrogens is 2. The maximum absolute atomic E-state index is 12.3. The van der Waals surface area contributed by atoms with Gasteiger partial charge >= 0.3 is 0 Å². The minimum atomic E-state index is -0.234. The fraction of sp³-hybridized carbons (Fsp3) is 0.429. The van der Waals surface area contributed by atoms with Gasteiger partial charge in [-0.2, -0.15) is 5.10 Å². The van der Waals surface area contributed by atoms with Crippen LogP contribution in [0, 0.1) is 6.92 Å². The predicted octanol–water partition coefficient (Wildman–Crippen LogP) is 3.86. The van der Waals surface area contributed by atoms with Crippen molar-refractivity contribution in [2.45, 2.75) is 45.6 Å². The SMILES string of the molecule is Cc1nn(CCCNC(=O)CCCCCN2C(=O)c3ccccc3C2=O)c(Cl)c1Cl. The van der Waals surface area contributed by atoms with E-state index in [-0.39, 0.29) is 17.7 Å². The second-order valence-electron chi connectivity index (χ2n) is 7.24. The van der Waals surface area contributed by atoms with Crippen LogP contribution in [0.4, 0.5) is 0 Å². The molecule has 0 radical (unpaired) electrons. The number of amides is 3. The second-order valence-corrected chi connectivity index (χ2v) is 7.97. The van der Waals surface area contributed by atoms with Gasteiger partial charge in [0.25, 0.3) is 11.8 Å².